The Morgan fingerprint density at radius 2 is 1.85 bits per heavy atom. The molecule has 0 aromatic heterocycles. The summed E-state index contributed by atoms with van der Waals surface area (Å²) in [7, 11) is -2.32. The molecule has 0 saturated carbocycles. The van der Waals surface area contributed by atoms with Gasteiger partial charge in [0.1, 0.15) is 5.75 Å². The molecule has 26 heavy (non-hydrogen) atoms. The molecule has 0 spiro atoms. The average molecular weight is 398 g/mol. The smallest absolute Gasteiger partial charge is 0.264 e. The van der Waals surface area contributed by atoms with Gasteiger partial charge in [0.25, 0.3) is 10.0 Å². The lowest BCUT2D eigenvalue weighted by molar-refractivity contribution is 0.282. The number of aliphatic hydroxyl groups is 1. The summed E-state index contributed by atoms with van der Waals surface area (Å²) in [5, 5.41) is 10.1. The second-order valence-corrected chi connectivity index (χ2v) is 8.30. The zero-order chi connectivity index (χ0) is 19.3. The Balaban J connectivity index is 2.62. The number of aliphatic hydroxyl groups excluding tert-OH is 1. The molecule has 2 aromatic rings. The fourth-order valence-corrected chi connectivity index (χ4v) is 4.76. The maximum atomic E-state index is 13.4. The highest BCUT2D eigenvalue weighted by Gasteiger charge is 2.30. The minimum absolute atomic E-state index is 0.158. The molecular formula is C19H24ClNO4S. The van der Waals surface area contributed by atoms with Gasteiger partial charge in [0.2, 0.25) is 0 Å². The number of hydrogen-bond donors (Lipinski definition) is 1. The van der Waals surface area contributed by atoms with Crippen molar-refractivity contribution in [3.8, 4) is 5.75 Å². The van der Waals surface area contributed by atoms with Crippen LogP contribution in [0.25, 0.3) is 0 Å². The van der Waals surface area contributed by atoms with Crippen LogP contribution in [0.4, 0.5) is 5.69 Å². The molecule has 1 N–H and O–H groups in total. The standard InChI is InChI=1S/C19H24ClNO4S/c1-4-5-14(2)21(19-12-16(20)7-6-15(19)13-22)26(23,24)18-10-8-17(25-3)9-11-18/h6-12,14,22H,4-5,13H2,1-3H3. The van der Waals surface area contributed by atoms with Crippen molar-refractivity contribution in [1.29, 1.82) is 0 Å². The first-order valence-corrected chi connectivity index (χ1v) is 10.2. The lowest BCUT2D eigenvalue weighted by Crippen LogP contribution is -2.39. The van der Waals surface area contributed by atoms with E-state index in [0.29, 0.717) is 28.4 Å². The van der Waals surface area contributed by atoms with Crippen LogP contribution < -0.4 is 9.04 Å². The van der Waals surface area contributed by atoms with E-state index in [1.54, 1.807) is 30.3 Å². The molecule has 0 aliphatic rings. The highest BCUT2D eigenvalue weighted by Crippen LogP contribution is 2.33. The predicted octanol–water partition coefficient (Wildman–Crippen LogP) is 4.22. The molecule has 5 nitrogen and oxygen atoms in total. The van der Waals surface area contributed by atoms with Crippen molar-refractivity contribution in [3.63, 3.8) is 0 Å². The largest absolute Gasteiger partial charge is 0.497 e. The number of halogens is 1. The monoisotopic (exact) mass is 397 g/mol. The number of anilines is 1. The lowest BCUT2D eigenvalue weighted by atomic mass is 10.1. The third-order valence-corrected chi connectivity index (χ3v) is 6.36. The second-order valence-electron chi connectivity index (χ2n) is 6.05. The first kappa shape index (κ1) is 20.6. The van der Waals surface area contributed by atoms with Crippen LogP contribution in [-0.2, 0) is 16.6 Å². The maximum Gasteiger partial charge on any atom is 0.264 e. The Morgan fingerprint density at radius 3 is 2.38 bits per heavy atom. The summed E-state index contributed by atoms with van der Waals surface area (Å²) >= 11 is 6.12. The second kappa shape index (κ2) is 8.75. The summed E-state index contributed by atoms with van der Waals surface area (Å²) in [5.41, 5.74) is 0.909. The van der Waals surface area contributed by atoms with Crippen LogP contribution in [0.5, 0.6) is 5.75 Å². The van der Waals surface area contributed by atoms with E-state index in [-0.39, 0.29) is 17.5 Å². The summed E-state index contributed by atoms with van der Waals surface area (Å²) < 4.78 is 33.2. The van der Waals surface area contributed by atoms with Gasteiger partial charge in [-0.15, -0.1) is 0 Å². The summed E-state index contributed by atoms with van der Waals surface area (Å²) in [6.07, 6.45) is 1.50. The van der Waals surface area contributed by atoms with Crippen molar-refractivity contribution in [3.05, 3.63) is 53.1 Å². The Kier molecular flexibility index (Phi) is 6.92. The zero-order valence-electron chi connectivity index (χ0n) is 15.1. The van der Waals surface area contributed by atoms with E-state index in [0.717, 1.165) is 6.42 Å². The molecule has 0 amide bonds. The third-order valence-electron chi connectivity index (χ3n) is 4.18. The highest BCUT2D eigenvalue weighted by molar-refractivity contribution is 7.92. The van der Waals surface area contributed by atoms with Gasteiger partial charge < -0.3 is 9.84 Å². The van der Waals surface area contributed by atoms with Crippen molar-refractivity contribution in [2.45, 2.75) is 44.2 Å². The van der Waals surface area contributed by atoms with Gasteiger partial charge in [-0.05, 0) is 49.7 Å². The van der Waals surface area contributed by atoms with Crippen LogP contribution in [0.1, 0.15) is 32.3 Å². The molecule has 0 saturated heterocycles. The summed E-state index contributed by atoms with van der Waals surface area (Å²) in [4.78, 5) is 0.158. The van der Waals surface area contributed by atoms with Crippen molar-refractivity contribution >= 4 is 27.3 Å². The summed E-state index contributed by atoms with van der Waals surface area (Å²) in [6.45, 7) is 3.58. The van der Waals surface area contributed by atoms with Crippen LogP contribution >= 0.6 is 11.6 Å². The summed E-state index contributed by atoms with van der Waals surface area (Å²) in [6, 6.07) is 10.8. The molecule has 0 aliphatic carbocycles. The normalized spacial score (nSPS) is 12.7. The van der Waals surface area contributed by atoms with Gasteiger partial charge in [0.05, 0.1) is 24.3 Å². The van der Waals surface area contributed by atoms with Gasteiger partial charge in [0, 0.05) is 16.6 Å². The third kappa shape index (κ3) is 4.31. The molecule has 0 heterocycles. The molecule has 2 aromatic carbocycles. The SMILES string of the molecule is CCCC(C)N(c1cc(Cl)ccc1CO)S(=O)(=O)c1ccc(OC)cc1. The van der Waals surface area contributed by atoms with E-state index >= 15 is 0 Å². The highest BCUT2D eigenvalue weighted by atomic mass is 35.5. The zero-order valence-corrected chi connectivity index (χ0v) is 16.7. The fraction of sp³-hybridized carbons (Fsp3) is 0.368. The minimum atomic E-state index is -3.84. The van der Waals surface area contributed by atoms with Crippen molar-refractivity contribution in [2.75, 3.05) is 11.4 Å². The number of rotatable bonds is 8. The fourth-order valence-electron chi connectivity index (χ4n) is 2.88. The molecule has 142 valence electrons. The van der Waals surface area contributed by atoms with Gasteiger partial charge in [-0.25, -0.2) is 8.42 Å². The quantitative estimate of drug-likeness (QED) is 0.724. The lowest BCUT2D eigenvalue weighted by Gasteiger charge is -2.32. The summed E-state index contributed by atoms with van der Waals surface area (Å²) in [5.74, 6) is 0.580. The van der Waals surface area contributed by atoms with Crippen LogP contribution in [0, 0.1) is 0 Å². The van der Waals surface area contributed by atoms with E-state index in [2.05, 4.69) is 0 Å². The van der Waals surface area contributed by atoms with Gasteiger partial charge in [-0.2, -0.15) is 0 Å². The molecule has 0 aliphatic heterocycles. The minimum Gasteiger partial charge on any atom is -0.497 e. The maximum absolute atomic E-state index is 13.4. The van der Waals surface area contributed by atoms with E-state index in [4.69, 9.17) is 16.3 Å². The van der Waals surface area contributed by atoms with Crippen LogP contribution in [0.2, 0.25) is 5.02 Å². The molecule has 1 unspecified atom stereocenters. The molecule has 1 atom stereocenters. The Labute approximate surface area is 160 Å². The Morgan fingerprint density at radius 1 is 1.19 bits per heavy atom. The first-order chi connectivity index (χ1) is 12.3. The predicted molar refractivity (Wildman–Crippen MR) is 104 cm³/mol. The van der Waals surface area contributed by atoms with Crippen molar-refractivity contribution in [1.82, 2.24) is 0 Å². The number of nitrogens with zero attached hydrogens (tertiary/aromatic N) is 1. The van der Waals surface area contributed by atoms with E-state index < -0.39 is 10.0 Å². The van der Waals surface area contributed by atoms with Crippen LogP contribution in [0.15, 0.2) is 47.4 Å². The average Bonchev–Trinajstić information content (AvgIpc) is 2.62. The molecular weight excluding hydrogens is 374 g/mol. The van der Waals surface area contributed by atoms with E-state index in [1.807, 2.05) is 13.8 Å². The topological polar surface area (TPSA) is 66.8 Å². The van der Waals surface area contributed by atoms with E-state index in [9.17, 15) is 13.5 Å². The molecule has 0 bridgehead atoms. The number of methoxy groups -OCH3 is 1. The number of ether oxygens (including phenoxy) is 1. The van der Waals surface area contributed by atoms with Gasteiger partial charge in [-0.3, -0.25) is 4.31 Å². The Hall–Kier alpha value is -1.76. The van der Waals surface area contributed by atoms with Gasteiger partial charge in [0.15, 0.2) is 0 Å². The molecule has 7 heteroatoms. The molecule has 0 fully saturated rings. The number of sulfonamides is 1. The van der Waals surface area contributed by atoms with Crippen molar-refractivity contribution in [2.24, 2.45) is 0 Å². The van der Waals surface area contributed by atoms with Gasteiger partial charge in [-0.1, -0.05) is 31.0 Å². The van der Waals surface area contributed by atoms with Crippen LogP contribution in [0.3, 0.4) is 0 Å². The number of benzene rings is 2. The van der Waals surface area contributed by atoms with Crippen molar-refractivity contribution < 1.29 is 18.3 Å². The molecule has 2 rings (SSSR count). The van der Waals surface area contributed by atoms with Gasteiger partial charge >= 0.3 is 0 Å². The molecule has 0 radical (unpaired) electrons. The van der Waals surface area contributed by atoms with Crippen LogP contribution in [-0.4, -0.2) is 26.7 Å². The number of hydrogen-bond acceptors (Lipinski definition) is 4. The first-order valence-electron chi connectivity index (χ1n) is 8.43. The van der Waals surface area contributed by atoms with E-state index in [1.165, 1.54) is 23.5 Å². The Bertz CT molecular complexity index is 837.